The van der Waals surface area contributed by atoms with Gasteiger partial charge in [-0.1, -0.05) is 12.1 Å². The summed E-state index contributed by atoms with van der Waals surface area (Å²) in [4.78, 5) is 0. The van der Waals surface area contributed by atoms with Crippen LogP contribution < -0.4 is 5.32 Å². The fraction of sp³-hybridized carbons (Fsp3) is 0.526. The molecule has 5 heteroatoms. The average molecular weight is 331 g/mol. The van der Waals surface area contributed by atoms with Crippen LogP contribution in [0.2, 0.25) is 0 Å². The van der Waals surface area contributed by atoms with Crippen molar-refractivity contribution >= 4 is 0 Å². The largest absolute Gasteiger partial charge is 0.371 e. The molecule has 0 spiro atoms. The maximum Gasteiger partial charge on any atom is 0.123 e. The molecule has 1 fully saturated rings. The van der Waals surface area contributed by atoms with E-state index in [-0.39, 0.29) is 23.6 Å². The molecule has 2 heterocycles. The van der Waals surface area contributed by atoms with E-state index in [0.29, 0.717) is 0 Å². The highest BCUT2D eigenvalue weighted by atomic mass is 19.1. The van der Waals surface area contributed by atoms with E-state index >= 15 is 0 Å². The Kier molecular flexibility index (Phi) is 5.01. The fourth-order valence-electron chi connectivity index (χ4n) is 3.35. The number of rotatable bonds is 5. The van der Waals surface area contributed by atoms with Gasteiger partial charge in [-0.05, 0) is 56.9 Å². The van der Waals surface area contributed by atoms with Gasteiger partial charge in [0.2, 0.25) is 0 Å². The summed E-state index contributed by atoms with van der Waals surface area (Å²) in [6.07, 6.45) is 5.47. The molecule has 2 aromatic rings. The zero-order valence-electron chi connectivity index (χ0n) is 14.6. The van der Waals surface area contributed by atoms with Crippen molar-refractivity contribution in [3.05, 3.63) is 53.6 Å². The first kappa shape index (κ1) is 17.1. The predicted octanol–water partition coefficient (Wildman–Crippen LogP) is 3.59. The van der Waals surface area contributed by atoms with Gasteiger partial charge >= 0.3 is 0 Å². The molecule has 1 N–H and O–H groups in total. The molecular formula is C19H26FN3O. The summed E-state index contributed by atoms with van der Waals surface area (Å²) in [5.74, 6) is -0.226. The zero-order chi connectivity index (χ0) is 17.2. The van der Waals surface area contributed by atoms with Crippen molar-refractivity contribution in [1.29, 1.82) is 0 Å². The lowest BCUT2D eigenvalue weighted by Crippen LogP contribution is -2.41. The molecule has 130 valence electrons. The minimum Gasteiger partial charge on any atom is -0.371 e. The van der Waals surface area contributed by atoms with Crippen LogP contribution in [0.15, 0.2) is 36.5 Å². The molecule has 0 bridgehead atoms. The van der Waals surface area contributed by atoms with E-state index in [1.54, 1.807) is 4.68 Å². The Labute approximate surface area is 143 Å². The number of halogens is 1. The maximum atomic E-state index is 13.3. The Bertz CT molecular complexity index is 666. The molecule has 0 amide bonds. The third-order valence-electron chi connectivity index (χ3n) is 4.57. The van der Waals surface area contributed by atoms with E-state index in [4.69, 9.17) is 4.74 Å². The molecule has 3 rings (SSSR count). The average Bonchev–Trinajstić information content (AvgIpc) is 2.95. The lowest BCUT2D eigenvalue weighted by Gasteiger charge is -2.36. The highest BCUT2D eigenvalue weighted by Gasteiger charge is 2.29. The minimum absolute atomic E-state index is 0.0546. The van der Waals surface area contributed by atoms with E-state index in [9.17, 15) is 4.39 Å². The summed E-state index contributed by atoms with van der Waals surface area (Å²) in [5, 5.41) is 8.09. The minimum atomic E-state index is -0.226. The second-order valence-corrected chi connectivity index (χ2v) is 7.20. The van der Waals surface area contributed by atoms with Crippen molar-refractivity contribution in [1.82, 2.24) is 15.1 Å². The number of hydrogen-bond donors (Lipinski definition) is 1. The number of hydrogen-bond acceptors (Lipinski definition) is 3. The molecule has 1 aliphatic heterocycles. The summed E-state index contributed by atoms with van der Waals surface area (Å²) in [7, 11) is 1.90. The first-order chi connectivity index (χ1) is 11.4. The molecule has 0 aliphatic carbocycles. The van der Waals surface area contributed by atoms with Gasteiger partial charge in [-0.25, -0.2) is 4.39 Å². The number of benzene rings is 1. The molecule has 1 aromatic carbocycles. The smallest absolute Gasteiger partial charge is 0.123 e. The summed E-state index contributed by atoms with van der Waals surface area (Å²) < 4.78 is 21.2. The zero-order valence-corrected chi connectivity index (χ0v) is 14.6. The van der Waals surface area contributed by atoms with E-state index in [2.05, 4.69) is 24.3 Å². The number of nitrogens with zero attached hydrogens (tertiary/aromatic N) is 2. The molecule has 1 aliphatic rings. The lowest BCUT2D eigenvalue weighted by atomic mass is 9.94. The molecule has 1 aromatic heterocycles. The summed E-state index contributed by atoms with van der Waals surface area (Å²) in [6, 6.07) is 8.54. The molecule has 2 unspecified atom stereocenters. The van der Waals surface area contributed by atoms with Crippen molar-refractivity contribution in [3.8, 4) is 0 Å². The van der Waals surface area contributed by atoms with Crippen LogP contribution in [0.4, 0.5) is 4.39 Å². The van der Waals surface area contributed by atoms with Crippen LogP contribution in [0.1, 0.15) is 50.4 Å². The van der Waals surface area contributed by atoms with Crippen molar-refractivity contribution in [2.75, 3.05) is 6.54 Å². The summed E-state index contributed by atoms with van der Waals surface area (Å²) in [5.41, 5.74) is 1.88. The maximum absolute atomic E-state index is 13.3. The Morgan fingerprint density at radius 3 is 2.71 bits per heavy atom. The van der Waals surface area contributed by atoms with Crippen LogP contribution in [0.5, 0.6) is 0 Å². The second kappa shape index (κ2) is 7.03. The van der Waals surface area contributed by atoms with E-state index in [1.807, 2.05) is 31.4 Å². The van der Waals surface area contributed by atoms with E-state index in [1.165, 1.54) is 18.6 Å². The van der Waals surface area contributed by atoms with E-state index in [0.717, 1.165) is 30.6 Å². The molecule has 1 saturated heterocycles. The normalized spacial score (nSPS) is 21.6. The molecular weight excluding hydrogens is 305 g/mol. The van der Waals surface area contributed by atoms with Gasteiger partial charge in [0.15, 0.2) is 0 Å². The third kappa shape index (κ3) is 4.22. The Morgan fingerprint density at radius 2 is 2.08 bits per heavy atom. The second-order valence-electron chi connectivity index (χ2n) is 7.20. The summed E-state index contributed by atoms with van der Waals surface area (Å²) >= 11 is 0. The van der Waals surface area contributed by atoms with Crippen LogP contribution in [-0.4, -0.2) is 28.0 Å². The van der Waals surface area contributed by atoms with Gasteiger partial charge in [0.1, 0.15) is 5.82 Å². The van der Waals surface area contributed by atoms with Crippen LogP contribution in [0.25, 0.3) is 0 Å². The van der Waals surface area contributed by atoms with Crippen LogP contribution in [0.3, 0.4) is 0 Å². The Balaban J connectivity index is 1.74. The molecule has 0 saturated carbocycles. The van der Waals surface area contributed by atoms with Gasteiger partial charge < -0.3 is 10.1 Å². The van der Waals surface area contributed by atoms with Gasteiger partial charge in [0.05, 0.1) is 23.4 Å². The first-order valence-electron chi connectivity index (χ1n) is 8.59. The summed E-state index contributed by atoms with van der Waals surface area (Å²) in [6.45, 7) is 5.05. The van der Waals surface area contributed by atoms with Crippen molar-refractivity contribution in [3.63, 3.8) is 0 Å². The topological polar surface area (TPSA) is 39.1 Å². The van der Waals surface area contributed by atoms with Crippen molar-refractivity contribution in [2.24, 2.45) is 7.05 Å². The number of aryl methyl sites for hydroxylation is 1. The molecule has 24 heavy (non-hydrogen) atoms. The third-order valence-corrected chi connectivity index (χ3v) is 4.57. The van der Waals surface area contributed by atoms with Crippen molar-refractivity contribution < 1.29 is 9.13 Å². The molecule has 0 radical (unpaired) electrons. The highest BCUT2D eigenvalue weighted by Crippen LogP contribution is 2.28. The predicted molar refractivity (Wildman–Crippen MR) is 92.3 cm³/mol. The van der Waals surface area contributed by atoms with Crippen LogP contribution >= 0.6 is 0 Å². The lowest BCUT2D eigenvalue weighted by molar-refractivity contribution is -0.105. The molecule has 2 atom stereocenters. The fourth-order valence-corrected chi connectivity index (χ4v) is 3.35. The van der Waals surface area contributed by atoms with Crippen LogP contribution in [-0.2, 0) is 11.8 Å². The molecule has 4 nitrogen and oxygen atoms in total. The van der Waals surface area contributed by atoms with Gasteiger partial charge in [-0.15, -0.1) is 0 Å². The standard InChI is InChI=1S/C19H26FN3O/c1-19(2)11-4-5-16(24-19)13-21-18(17-10-12-23(3)22-17)14-6-8-15(20)9-7-14/h6-10,12,16,18,21H,4-5,11,13H2,1-3H3. The Morgan fingerprint density at radius 1 is 1.33 bits per heavy atom. The van der Waals surface area contributed by atoms with E-state index < -0.39 is 0 Å². The SMILES string of the molecule is Cn1ccc(C(NCC2CCCC(C)(C)O2)c2ccc(F)cc2)n1. The number of ether oxygens (including phenoxy) is 1. The van der Waals surface area contributed by atoms with Gasteiger partial charge in [-0.3, -0.25) is 4.68 Å². The quantitative estimate of drug-likeness (QED) is 0.910. The van der Waals surface area contributed by atoms with Gasteiger partial charge in [-0.2, -0.15) is 5.10 Å². The highest BCUT2D eigenvalue weighted by molar-refractivity contribution is 5.27. The Hall–Kier alpha value is -1.72. The van der Waals surface area contributed by atoms with Gasteiger partial charge in [0.25, 0.3) is 0 Å². The monoisotopic (exact) mass is 331 g/mol. The van der Waals surface area contributed by atoms with Crippen molar-refractivity contribution in [2.45, 2.75) is 50.9 Å². The van der Waals surface area contributed by atoms with Gasteiger partial charge in [0, 0.05) is 19.8 Å². The number of aromatic nitrogens is 2. The number of nitrogens with one attached hydrogen (secondary N) is 1. The van der Waals surface area contributed by atoms with Crippen LogP contribution in [0, 0.1) is 5.82 Å². The first-order valence-corrected chi connectivity index (χ1v) is 8.59.